The molecule has 4 heteroatoms. The molecule has 1 radical (unpaired) electrons. The molecule has 1 aromatic rings. The third kappa shape index (κ3) is 1.40. The first-order valence-corrected chi connectivity index (χ1v) is 5.70. The number of carbonyl (C=O) groups is 1. The summed E-state index contributed by atoms with van der Waals surface area (Å²) in [5, 5.41) is 3.32. The largest absolute Gasteiger partial charge is 0.369 e. The van der Waals surface area contributed by atoms with Crippen LogP contribution in [-0.4, -0.2) is 24.4 Å². The van der Waals surface area contributed by atoms with E-state index in [0.717, 1.165) is 24.4 Å². The van der Waals surface area contributed by atoms with Crippen molar-refractivity contribution in [2.45, 2.75) is 12.3 Å². The highest BCUT2D eigenvalue weighted by molar-refractivity contribution is 5.94. The van der Waals surface area contributed by atoms with Gasteiger partial charge in [-0.05, 0) is 30.2 Å². The summed E-state index contributed by atoms with van der Waals surface area (Å²) in [7, 11) is 1.90. The van der Waals surface area contributed by atoms with E-state index < -0.39 is 0 Å². The van der Waals surface area contributed by atoms with Crippen molar-refractivity contribution in [3.8, 4) is 0 Å². The third-order valence-corrected chi connectivity index (χ3v) is 3.51. The molecule has 1 atom stereocenters. The summed E-state index contributed by atoms with van der Waals surface area (Å²) in [6.07, 6.45) is 1.00. The predicted octanol–water partition coefficient (Wildman–Crippen LogP) is 1.03. The van der Waals surface area contributed by atoms with Crippen molar-refractivity contribution in [3.63, 3.8) is 0 Å². The Balaban J connectivity index is 2.14. The molecular formula is C13H14N3O. The van der Waals surface area contributed by atoms with Gasteiger partial charge in [0.1, 0.15) is 5.70 Å². The van der Waals surface area contributed by atoms with Gasteiger partial charge in [0.15, 0.2) is 0 Å². The molecule has 2 aliphatic heterocycles. The van der Waals surface area contributed by atoms with E-state index in [9.17, 15) is 4.79 Å². The quantitative estimate of drug-likeness (QED) is 0.754. The fourth-order valence-electron chi connectivity index (χ4n) is 2.72. The third-order valence-electron chi connectivity index (χ3n) is 3.51. The number of anilines is 1. The van der Waals surface area contributed by atoms with Crippen molar-refractivity contribution in [1.82, 2.24) is 4.90 Å². The SMILES string of the molecule is CN1CCC2C(=C1C(N)=O)Nc1cc[c]cc12. The van der Waals surface area contributed by atoms with E-state index in [1.807, 2.05) is 30.1 Å². The summed E-state index contributed by atoms with van der Waals surface area (Å²) < 4.78 is 0. The molecular weight excluding hydrogens is 214 g/mol. The van der Waals surface area contributed by atoms with E-state index in [2.05, 4.69) is 11.4 Å². The first-order valence-electron chi connectivity index (χ1n) is 5.70. The van der Waals surface area contributed by atoms with Gasteiger partial charge in [-0.2, -0.15) is 0 Å². The molecule has 0 spiro atoms. The van der Waals surface area contributed by atoms with Crippen LogP contribution in [0.5, 0.6) is 0 Å². The molecule has 87 valence electrons. The molecule has 0 bridgehead atoms. The number of nitrogens with one attached hydrogen (secondary N) is 1. The first-order chi connectivity index (χ1) is 8.18. The van der Waals surface area contributed by atoms with E-state index in [-0.39, 0.29) is 11.8 Å². The Morgan fingerprint density at radius 2 is 2.47 bits per heavy atom. The standard InChI is InChI=1S/C13H14N3O/c1-16-7-6-9-8-4-2-3-5-10(8)15-11(9)12(16)13(14)17/h3-5,9,15H,6-7H2,1H3,(H2,14,17). The maximum Gasteiger partial charge on any atom is 0.266 e. The van der Waals surface area contributed by atoms with E-state index in [4.69, 9.17) is 5.73 Å². The number of primary amides is 1. The van der Waals surface area contributed by atoms with Gasteiger partial charge in [0.25, 0.3) is 5.91 Å². The second kappa shape index (κ2) is 3.52. The monoisotopic (exact) mass is 228 g/mol. The van der Waals surface area contributed by atoms with Crippen LogP contribution < -0.4 is 11.1 Å². The minimum atomic E-state index is -0.364. The van der Waals surface area contributed by atoms with E-state index in [0.29, 0.717) is 5.70 Å². The fourth-order valence-corrected chi connectivity index (χ4v) is 2.72. The molecule has 0 aromatic heterocycles. The number of likely N-dealkylation sites (N-methyl/N-ethyl adjacent to an activating group) is 1. The molecule has 0 fully saturated rings. The first kappa shape index (κ1) is 10.2. The lowest BCUT2D eigenvalue weighted by atomic mass is 9.91. The van der Waals surface area contributed by atoms with Gasteiger partial charge >= 0.3 is 0 Å². The summed E-state index contributed by atoms with van der Waals surface area (Å²) in [5.74, 6) is -0.0994. The minimum Gasteiger partial charge on any atom is -0.369 e. The topological polar surface area (TPSA) is 58.4 Å². The molecule has 2 aliphatic rings. The highest BCUT2D eigenvalue weighted by Gasteiger charge is 2.35. The zero-order valence-corrected chi connectivity index (χ0v) is 9.66. The van der Waals surface area contributed by atoms with Crippen LogP contribution in [-0.2, 0) is 4.79 Å². The van der Waals surface area contributed by atoms with Gasteiger partial charge in [0.05, 0.1) is 5.70 Å². The molecule has 0 saturated carbocycles. The van der Waals surface area contributed by atoms with Gasteiger partial charge in [0.2, 0.25) is 0 Å². The molecule has 3 N–H and O–H groups in total. The number of rotatable bonds is 1. The average molecular weight is 228 g/mol. The summed E-state index contributed by atoms with van der Waals surface area (Å²) >= 11 is 0. The molecule has 2 heterocycles. The molecule has 4 nitrogen and oxygen atoms in total. The van der Waals surface area contributed by atoms with Crippen molar-refractivity contribution in [1.29, 1.82) is 0 Å². The van der Waals surface area contributed by atoms with Gasteiger partial charge in [-0.1, -0.05) is 6.07 Å². The van der Waals surface area contributed by atoms with E-state index in [1.54, 1.807) is 0 Å². The molecule has 1 unspecified atom stereocenters. The average Bonchev–Trinajstić information content (AvgIpc) is 2.66. The normalized spacial score (nSPS) is 21.9. The number of hydrogen-bond donors (Lipinski definition) is 2. The second-order valence-electron chi connectivity index (χ2n) is 4.53. The zero-order valence-electron chi connectivity index (χ0n) is 9.66. The molecule has 1 aromatic carbocycles. The lowest BCUT2D eigenvalue weighted by Crippen LogP contribution is -2.36. The van der Waals surface area contributed by atoms with Gasteiger partial charge < -0.3 is 16.0 Å². The van der Waals surface area contributed by atoms with Crippen LogP contribution >= 0.6 is 0 Å². The predicted molar refractivity (Wildman–Crippen MR) is 65.1 cm³/mol. The van der Waals surface area contributed by atoms with Gasteiger partial charge in [0, 0.05) is 25.2 Å². The van der Waals surface area contributed by atoms with Gasteiger partial charge in [-0.25, -0.2) is 0 Å². The summed E-state index contributed by atoms with van der Waals surface area (Å²) in [4.78, 5) is 13.5. The molecule has 0 aliphatic carbocycles. The number of nitrogens with zero attached hydrogens (tertiary/aromatic N) is 1. The maximum atomic E-state index is 11.5. The molecule has 0 saturated heterocycles. The van der Waals surface area contributed by atoms with Gasteiger partial charge in [-0.15, -0.1) is 0 Å². The minimum absolute atomic E-state index is 0.265. The van der Waals surface area contributed by atoms with Crippen molar-refractivity contribution in [2.75, 3.05) is 18.9 Å². The lowest BCUT2D eigenvalue weighted by Gasteiger charge is -2.30. The Labute approximate surface area is 100 Å². The smallest absolute Gasteiger partial charge is 0.266 e. The van der Waals surface area contributed by atoms with E-state index in [1.165, 1.54) is 5.56 Å². The number of fused-ring (bicyclic) bond motifs is 3. The van der Waals surface area contributed by atoms with Crippen molar-refractivity contribution in [3.05, 3.63) is 41.2 Å². The zero-order chi connectivity index (χ0) is 12.0. The van der Waals surface area contributed by atoms with Crippen LogP contribution in [0.4, 0.5) is 5.69 Å². The lowest BCUT2D eigenvalue weighted by molar-refractivity contribution is -0.116. The van der Waals surface area contributed by atoms with Crippen molar-refractivity contribution in [2.24, 2.45) is 5.73 Å². The summed E-state index contributed by atoms with van der Waals surface area (Å²) in [5.41, 5.74) is 9.30. The molecule has 1 amide bonds. The molecule has 3 rings (SSSR count). The highest BCUT2D eigenvalue weighted by Crippen LogP contribution is 2.44. The van der Waals surface area contributed by atoms with Crippen LogP contribution in [0.3, 0.4) is 0 Å². The summed E-state index contributed by atoms with van der Waals surface area (Å²) in [6, 6.07) is 8.94. The number of carbonyl (C=O) groups excluding carboxylic acids is 1. The van der Waals surface area contributed by atoms with Crippen molar-refractivity contribution < 1.29 is 4.79 Å². The number of hydrogen-bond acceptors (Lipinski definition) is 3. The number of benzene rings is 1. The maximum absolute atomic E-state index is 11.5. The Morgan fingerprint density at radius 1 is 1.65 bits per heavy atom. The Morgan fingerprint density at radius 3 is 3.24 bits per heavy atom. The number of nitrogens with two attached hydrogens (primary N) is 1. The van der Waals surface area contributed by atoms with Crippen LogP contribution in [0.15, 0.2) is 29.6 Å². The Hall–Kier alpha value is -1.97. The van der Waals surface area contributed by atoms with Crippen molar-refractivity contribution >= 4 is 11.6 Å². The van der Waals surface area contributed by atoms with Crippen LogP contribution in [0.2, 0.25) is 0 Å². The molecule has 17 heavy (non-hydrogen) atoms. The van der Waals surface area contributed by atoms with E-state index >= 15 is 0 Å². The summed E-state index contributed by atoms with van der Waals surface area (Å²) in [6.45, 7) is 0.850. The highest BCUT2D eigenvalue weighted by atomic mass is 16.1. The number of allylic oxidation sites excluding steroid dienone is 1. The number of amides is 1. The van der Waals surface area contributed by atoms with Crippen LogP contribution in [0.1, 0.15) is 17.9 Å². The fraction of sp³-hybridized carbons (Fsp3) is 0.308. The Kier molecular flexibility index (Phi) is 2.11. The van der Waals surface area contributed by atoms with Crippen LogP contribution in [0.25, 0.3) is 0 Å². The Bertz CT molecular complexity index is 521. The second-order valence-corrected chi connectivity index (χ2v) is 4.53. The van der Waals surface area contributed by atoms with Gasteiger partial charge in [-0.3, -0.25) is 4.79 Å². The van der Waals surface area contributed by atoms with Crippen LogP contribution in [0, 0.1) is 6.07 Å².